The summed E-state index contributed by atoms with van der Waals surface area (Å²) in [6.45, 7) is 20.1. The smallest absolute Gasteiger partial charge is 0.0557 e. The summed E-state index contributed by atoms with van der Waals surface area (Å²) in [7, 11) is 0. The molecule has 1 saturated heterocycles. The SMILES string of the molecule is CCN(CC)c1cc(C)c2c(c1)Sc1cc(N3CCN(C(C)C)CC3)cc(C)c1N2. The van der Waals surface area contributed by atoms with E-state index in [9.17, 15) is 0 Å². The third-order valence-corrected chi connectivity index (χ3v) is 7.66. The Labute approximate surface area is 186 Å². The summed E-state index contributed by atoms with van der Waals surface area (Å²) in [6, 6.07) is 10.1. The lowest BCUT2D eigenvalue weighted by atomic mass is 10.1. The van der Waals surface area contributed by atoms with Gasteiger partial charge < -0.3 is 15.1 Å². The number of hydrogen-bond donors (Lipinski definition) is 1. The molecule has 2 heterocycles. The van der Waals surface area contributed by atoms with Crippen LogP contribution in [-0.2, 0) is 0 Å². The molecule has 0 radical (unpaired) electrons. The predicted octanol–water partition coefficient (Wildman–Crippen LogP) is 5.89. The number of rotatable bonds is 5. The van der Waals surface area contributed by atoms with E-state index < -0.39 is 0 Å². The van der Waals surface area contributed by atoms with E-state index in [2.05, 4.69) is 85.8 Å². The van der Waals surface area contributed by atoms with Gasteiger partial charge in [0.25, 0.3) is 0 Å². The minimum atomic E-state index is 0.636. The monoisotopic (exact) mass is 424 g/mol. The van der Waals surface area contributed by atoms with Gasteiger partial charge in [-0.3, -0.25) is 4.90 Å². The average Bonchev–Trinajstić information content (AvgIpc) is 2.73. The second-order valence-corrected chi connectivity index (χ2v) is 9.87. The van der Waals surface area contributed by atoms with E-state index in [-0.39, 0.29) is 0 Å². The van der Waals surface area contributed by atoms with Crippen molar-refractivity contribution < 1.29 is 0 Å². The topological polar surface area (TPSA) is 21.8 Å². The molecule has 162 valence electrons. The van der Waals surface area contributed by atoms with Crippen LogP contribution in [0.3, 0.4) is 0 Å². The lowest BCUT2D eigenvalue weighted by molar-refractivity contribution is 0.209. The highest BCUT2D eigenvalue weighted by molar-refractivity contribution is 7.99. The van der Waals surface area contributed by atoms with Crippen LogP contribution in [0.1, 0.15) is 38.8 Å². The van der Waals surface area contributed by atoms with Crippen molar-refractivity contribution in [2.75, 3.05) is 54.4 Å². The molecular weight excluding hydrogens is 388 g/mol. The highest BCUT2D eigenvalue weighted by Crippen LogP contribution is 2.49. The first-order valence-corrected chi connectivity index (χ1v) is 12.2. The molecule has 2 aliphatic heterocycles. The Balaban J connectivity index is 1.62. The normalized spacial score (nSPS) is 16.3. The van der Waals surface area contributed by atoms with Crippen molar-refractivity contribution in [3.8, 4) is 0 Å². The van der Waals surface area contributed by atoms with Gasteiger partial charge in [0.1, 0.15) is 0 Å². The third kappa shape index (κ3) is 4.02. The first-order chi connectivity index (χ1) is 14.4. The summed E-state index contributed by atoms with van der Waals surface area (Å²) < 4.78 is 0. The maximum atomic E-state index is 3.77. The molecule has 0 aromatic heterocycles. The second kappa shape index (κ2) is 8.72. The second-order valence-electron chi connectivity index (χ2n) is 8.79. The van der Waals surface area contributed by atoms with Gasteiger partial charge in [-0.05, 0) is 76.9 Å². The third-order valence-electron chi connectivity index (χ3n) is 6.58. The van der Waals surface area contributed by atoms with Crippen molar-refractivity contribution in [3.63, 3.8) is 0 Å². The van der Waals surface area contributed by atoms with E-state index in [1.54, 1.807) is 0 Å². The van der Waals surface area contributed by atoms with Crippen LogP contribution < -0.4 is 15.1 Å². The lowest BCUT2D eigenvalue weighted by Gasteiger charge is -2.38. The summed E-state index contributed by atoms with van der Waals surface area (Å²) in [5.41, 5.74) is 7.89. The molecule has 0 unspecified atom stereocenters. The Morgan fingerprint density at radius 1 is 0.900 bits per heavy atom. The van der Waals surface area contributed by atoms with Crippen LogP contribution in [-0.4, -0.2) is 50.2 Å². The van der Waals surface area contributed by atoms with Gasteiger partial charge in [0, 0.05) is 66.5 Å². The number of fused-ring (bicyclic) bond motifs is 2. The molecule has 0 amide bonds. The molecule has 30 heavy (non-hydrogen) atoms. The fraction of sp³-hybridized carbons (Fsp3) is 0.520. The van der Waals surface area contributed by atoms with Crippen molar-refractivity contribution in [1.82, 2.24) is 4.90 Å². The van der Waals surface area contributed by atoms with E-state index in [1.807, 2.05) is 11.8 Å². The van der Waals surface area contributed by atoms with Crippen LogP contribution in [0.25, 0.3) is 0 Å². The fourth-order valence-corrected chi connectivity index (χ4v) is 5.87. The molecule has 2 aliphatic rings. The average molecular weight is 425 g/mol. The Bertz CT molecular complexity index is 912. The summed E-state index contributed by atoms with van der Waals surface area (Å²) in [4.78, 5) is 10.2. The quantitative estimate of drug-likeness (QED) is 0.550. The van der Waals surface area contributed by atoms with Gasteiger partial charge in [0.15, 0.2) is 0 Å². The Morgan fingerprint density at radius 3 is 2.10 bits per heavy atom. The number of piperazine rings is 1. The zero-order chi connectivity index (χ0) is 21.4. The summed E-state index contributed by atoms with van der Waals surface area (Å²) in [5.74, 6) is 0. The number of anilines is 4. The van der Waals surface area contributed by atoms with Gasteiger partial charge in [-0.2, -0.15) is 0 Å². The maximum Gasteiger partial charge on any atom is 0.0557 e. The van der Waals surface area contributed by atoms with Crippen molar-refractivity contribution in [2.45, 2.75) is 57.4 Å². The highest BCUT2D eigenvalue weighted by atomic mass is 32.2. The zero-order valence-electron chi connectivity index (χ0n) is 19.4. The maximum absolute atomic E-state index is 3.77. The summed E-state index contributed by atoms with van der Waals surface area (Å²) in [5, 5.41) is 3.77. The number of benzene rings is 2. The van der Waals surface area contributed by atoms with Gasteiger partial charge in [-0.25, -0.2) is 0 Å². The zero-order valence-corrected chi connectivity index (χ0v) is 20.2. The molecule has 4 nitrogen and oxygen atoms in total. The van der Waals surface area contributed by atoms with Gasteiger partial charge >= 0.3 is 0 Å². The number of nitrogens with zero attached hydrogens (tertiary/aromatic N) is 3. The van der Waals surface area contributed by atoms with E-state index >= 15 is 0 Å². The summed E-state index contributed by atoms with van der Waals surface area (Å²) in [6.07, 6.45) is 0. The van der Waals surface area contributed by atoms with E-state index in [1.165, 1.54) is 43.7 Å². The molecule has 1 N–H and O–H groups in total. The summed E-state index contributed by atoms with van der Waals surface area (Å²) >= 11 is 1.92. The molecule has 2 aromatic rings. The van der Waals surface area contributed by atoms with Gasteiger partial charge in [0.05, 0.1) is 11.4 Å². The van der Waals surface area contributed by atoms with Crippen LogP contribution in [0.2, 0.25) is 0 Å². The molecule has 4 rings (SSSR count). The molecule has 0 spiro atoms. The number of aryl methyl sites for hydroxylation is 2. The number of nitrogens with one attached hydrogen (secondary N) is 1. The van der Waals surface area contributed by atoms with Crippen LogP contribution in [0.4, 0.5) is 22.7 Å². The molecule has 1 fully saturated rings. The molecule has 2 aromatic carbocycles. The Kier molecular flexibility index (Phi) is 6.21. The molecule has 0 aliphatic carbocycles. The molecule has 0 bridgehead atoms. The predicted molar refractivity (Wildman–Crippen MR) is 132 cm³/mol. The van der Waals surface area contributed by atoms with E-state index in [0.29, 0.717) is 6.04 Å². The number of hydrogen-bond acceptors (Lipinski definition) is 5. The standard InChI is InChI=1S/C25H36N4S/c1-7-27(8-2)20-13-18(5)24-22(15-20)30-23-16-21(14-19(6)25(23)26-24)29-11-9-28(10-12-29)17(3)4/h13-17,26H,7-12H2,1-6H3. The first kappa shape index (κ1) is 21.4. The van der Waals surface area contributed by atoms with Gasteiger partial charge in [-0.1, -0.05) is 11.8 Å². The van der Waals surface area contributed by atoms with Crippen molar-refractivity contribution >= 4 is 34.5 Å². The lowest BCUT2D eigenvalue weighted by Crippen LogP contribution is -2.48. The molecule has 0 atom stereocenters. The molecular formula is C25H36N4S. The minimum Gasteiger partial charge on any atom is -0.372 e. The Hall–Kier alpha value is -1.85. The van der Waals surface area contributed by atoms with E-state index in [4.69, 9.17) is 0 Å². The fourth-order valence-electron chi connectivity index (χ4n) is 4.65. The molecule has 0 saturated carbocycles. The molecule has 5 heteroatoms. The largest absolute Gasteiger partial charge is 0.372 e. The van der Waals surface area contributed by atoms with Crippen molar-refractivity contribution in [2.24, 2.45) is 0 Å². The van der Waals surface area contributed by atoms with Crippen molar-refractivity contribution in [1.29, 1.82) is 0 Å². The van der Waals surface area contributed by atoms with Crippen LogP contribution in [0, 0.1) is 13.8 Å². The van der Waals surface area contributed by atoms with Crippen molar-refractivity contribution in [3.05, 3.63) is 35.4 Å². The minimum absolute atomic E-state index is 0.636. The highest BCUT2D eigenvalue weighted by Gasteiger charge is 2.24. The van der Waals surface area contributed by atoms with Crippen LogP contribution >= 0.6 is 11.8 Å². The Morgan fingerprint density at radius 2 is 1.50 bits per heavy atom. The van der Waals surface area contributed by atoms with Crippen LogP contribution in [0.15, 0.2) is 34.1 Å². The van der Waals surface area contributed by atoms with Gasteiger partial charge in [-0.15, -0.1) is 0 Å². The van der Waals surface area contributed by atoms with E-state index in [0.717, 1.165) is 39.3 Å². The van der Waals surface area contributed by atoms with Crippen LogP contribution in [0.5, 0.6) is 0 Å². The first-order valence-electron chi connectivity index (χ1n) is 11.4. The van der Waals surface area contributed by atoms with Gasteiger partial charge in [0.2, 0.25) is 0 Å².